The van der Waals surface area contributed by atoms with Gasteiger partial charge in [-0.05, 0) is 38.5 Å². The summed E-state index contributed by atoms with van der Waals surface area (Å²) in [5.41, 5.74) is -0.628. The monoisotopic (exact) mass is 267 g/mol. The van der Waals surface area contributed by atoms with Crippen molar-refractivity contribution in [3.8, 4) is 0 Å². The van der Waals surface area contributed by atoms with E-state index in [0.29, 0.717) is 19.3 Å². The van der Waals surface area contributed by atoms with Gasteiger partial charge in [0, 0.05) is 25.0 Å². The second-order valence-electron chi connectivity index (χ2n) is 6.82. The van der Waals surface area contributed by atoms with Gasteiger partial charge in [0.25, 0.3) is 0 Å². The third kappa shape index (κ3) is 2.83. The van der Waals surface area contributed by atoms with Gasteiger partial charge in [0.1, 0.15) is 0 Å². The van der Waals surface area contributed by atoms with Crippen molar-refractivity contribution in [1.82, 2.24) is 4.90 Å². The molecule has 0 aromatic carbocycles. The largest absolute Gasteiger partial charge is 0.396 e. The van der Waals surface area contributed by atoms with Crippen molar-refractivity contribution in [3.63, 3.8) is 0 Å². The van der Waals surface area contributed by atoms with Gasteiger partial charge in [0.05, 0.1) is 0 Å². The average Bonchev–Trinajstić information content (AvgIpc) is 2.27. The number of likely N-dealkylation sites (tertiary alicyclic amines) is 1. The number of imide groups is 1. The summed E-state index contributed by atoms with van der Waals surface area (Å²) in [5, 5.41) is 9.10. The van der Waals surface area contributed by atoms with Crippen LogP contribution in [0.1, 0.15) is 65.2 Å². The SMILES string of the molecule is CC(C)(CCO)N1C(=O)CC2(CCCCC2)CC1=O. The highest BCUT2D eigenvalue weighted by Gasteiger charge is 2.47. The number of aliphatic hydroxyl groups excluding tert-OH is 1. The fourth-order valence-corrected chi connectivity index (χ4v) is 3.72. The molecule has 1 saturated heterocycles. The number of carbonyl (C=O) groups is 2. The molecule has 0 bridgehead atoms. The first-order valence-electron chi connectivity index (χ1n) is 7.37. The molecule has 1 aliphatic carbocycles. The quantitative estimate of drug-likeness (QED) is 0.798. The molecule has 1 aliphatic heterocycles. The zero-order chi connectivity index (χ0) is 14.1. The number of amides is 2. The molecule has 1 saturated carbocycles. The molecular formula is C15H25NO3. The minimum absolute atomic E-state index is 0.00476. The van der Waals surface area contributed by atoms with E-state index < -0.39 is 5.54 Å². The van der Waals surface area contributed by atoms with Crippen molar-refractivity contribution in [3.05, 3.63) is 0 Å². The molecule has 19 heavy (non-hydrogen) atoms. The van der Waals surface area contributed by atoms with Crippen LogP contribution in [0.3, 0.4) is 0 Å². The van der Waals surface area contributed by atoms with Crippen LogP contribution in [0.5, 0.6) is 0 Å². The van der Waals surface area contributed by atoms with Gasteiger partial charge < -0.3 is 5.11 Å². The van der Waals surface area contributed by atoms with Gasteiger partial charge >= 0.3 is 0 Å². The molecule has 0 aromatic rings. The van der Waals surface area contributed by atoms with Gasteiger partial charge in [0.15, 0.2) is 0 Å². The summed E-state index contributed by atoms with van der Waals surface area (Å²) in [6.07, 6.45) is 6.99. The van der Waals surface area contributed by atoms with Crippen molar-refractivity contribution in [2.75, 3.05) is 6.61 Å². The Hall–Kier alpha value is -0.900. The summed E-state index contributed by atoms with van der Waals surface area (Å²) < 4.78 is 0. The standard InChI is InChI=1S/C15H25NO3/c1-14(2,8-9-17)16-12(18)10-15(11-13(16)19)6-4-3-5-7-15/h17H,3-11H2,1-2H3. The van der Waals surface area contributed by atoms with Crippen LogP contribution in [-0.4, -0.2) is 34.0 Å². The average molecular weight is 267 g/mol. The summed E-state index contributed by atoms with van der Waals surface area (Å²) in [7, 11) is 0. The predicted octanol–water partition coefficient (Wildman–Crippen LogP) is 2.25. The second-order valence-corrected chi connectivity index (χ2v) is 6.82. The second kappa shape index (κ2) is 5.23. The Kier molecular flexibility index (Phi) is 4.00. The number of hydrogen-bond donors (Lipinski definition) is 1. The molecule has 4 nitrogen and oxygen atoms in total. The van der Waals surface area contributed by atoms with E-state index in [1.807, 2.05) is 13.8 Å². The number of rotatable bonds is 3. The minimum atomic E-state index is -0.570. The molecule has 0 aromatic heterocycles. The Morgan fingerprint density at radius 3 is 2.11 bits per heavy atom. The van der Waals surface area contributed by atoms with Crippen LogP contribution in [0.25, 0.3) is 0 Å². The van der Waals surface area contributed by atoms with E-state index in [9.17, 15) is 9.59 Å². The minimum Gasteiger partial charge on any atom is -0.396 e. The first kappa shape index (κ1) is 14.5. The van der Waals surface area contributed by atoms with Crippen LogP contribution in [0.4, 0.5) is 0 Å². The first-order chi connectivity index (χ1) is 8.90. The van der Waals surface area contributed by atoms with Crippen LogP contribution >= 0.6 is 0 Å². The maximum Gasteiger partial charge on any atom is 0.230 e. The molecule has 4 heteroatoms. The van der Waals surface area contributed by atoms with Crippen molar-refractivity contribution in [2.45, 2.75) is 70.8 Å². The Balaban J connectivity index is 2.15. The van der Waals surface area contributed by atoms with Gasteiger partial charge in [-0.3, -0.25) is 14.5 Å². The van der Waals surface area contributed by atoms with Gasteiger partial charge in [-0.15, -0.1) is 0 Å². The van der Waals surface area contributed by atoms with Crippen LogP contribution < -0.4 is 0 Å². The van der Waals surface area contributed by atoms with Crippen molar-refractivity contribution >= 4 is 11.8 Å². The van der Waals surface area contributed by atoms with E-state index in [0.717, 1.165) is 25.7 Å². The van der Waals surface area contributed by atoms with E-state index in [4.69, 9.17) is 5.11 Å². The summed E-state index contributed by atoms with van der Waals surface area (Å²) >= 11 is 0. The number of hydrogen-bond acceptors (Lipinski definition) is 3. The molecule has 0 atom stereocenters. The van der Waals surface area contributed by atoms with Gasteiger partial charge in [-0.2, -0.15) is 0 Å². The molecule has 108 valence electrons. The molecule has 1 spiro atoms. The van der Waals surface area contributed by atoms with Gasteiger partial charge in [-0.25, -0.2) is 0 Å². The summed E-state index contributed by atoms with van der Waals surface area (Å²) in [6, 6.07) is 0. The summed E-state index contributed by atoms with van der Waals surface area (Å²) in [4.78, 5) is 26.3. The van der Waals surface area contributed by atoms with Crippen LogP contribution in [0.15, 0.2) is 0 Å². The molecule has 1 N–H and O–H groups in total. The highest BCUT2D eigenvalue weighted by Crippen LogP contribution is 2.46. The molecule has 2 aliphatic rings. The topological polar surface area (TPSA) is 57.6 Å². The molecule has 2 fully saturated rings. The van der Waals surface area contributed by atoms with Crippen LogP contribution in [0, 0.1) is 5.41 Å². The van der Waals surface area contributed by atoms with Crippen molar-refractivity contribution < 1.29 is 14.7 Å². The maximum absolute atomic E-state index is 12.4. The maximum atomic E-state index is 12.4. The summed E-state index contributed by atoms with van der Waals surface area (Å²) in [5.74, 6) is -0.0896. The molecule has 2 rings (SSSR count). The number of carbonyl (C=O) groups excluding carboxylic acids is 2. The lowest BCUT2D eigenvalue weighted by Crippen LogP contribution is -2.57. The van der Waals surface area contributed by atoms with E-state index in [2.05, 4.69) is 0 Å². The van der Waals surface area contributed by atoms with Gasteiger partial charge in [-0.1, -0.05) is 19.3 Å². The lowest BCUT2D eigenvalue weighted by atomic mass is 9.67. The predicted molar refractivity (Wildman–Crippen MR) is 72.4 cm³/mol. The van der Waals surface area contributed by atoms with Gasteiger partial charge in [0.2, 0.25) is 11.8 Å². The number of nitrogens with zero attached hydrogens (tertiary/aromatic N) is 1. The molecule has 2 amide bonds. The van der Waals surface area contributed by atoms with E-state index in [1.54, 1.807) is 0 Å². The molecular weight excluding hydrogens is 242 g/mol. The van der Waals surface area contributed by atoms with Crippen LogP contribution in [-0.2, 0) is 9.59 Å². The fourth-order valence-electron chi connectivity index (χ4n) is 3.72. The number of piperidine rings is 1. The first-order valence-corrected chi connectivity index (χ1v) is 7.37. The number of aliphatic hydroxyl groups is 1. The van der Waals surface area contributed by atoms with E-state index >= 15 is 0 Å². The normalized spacial score (nSPS) is 24.1. The Bertz CT molecular complexity index is 350. The Morgan fingerprint density at radius 1 is 1.11 bits per heavy atom. The smallest absolute Gasteiger partial charge is 0.230 e. The van der Waals surface area contributed by atoms with Crippen molar-refractivity contribution in [2.24, 2.45) is 5.41 Å². The Morgan fingerprint density at radius 2 is 1.63 bits per heavy atom. The summed E-state index contributed by atoms with van der Waals surface area (Å²) in [6.45, 7) is 3.71. The highest BCUT2D eigenvalue weighted by atomic mass is 16.3. The van der Waals surface area contributed by atoms with Crippen LogP contribution in [0.2, 0.25) is 0 Å². The molecule has 1 heterocycles. The molecule has 0 radical (unpaired) electrons. The highest BCUT2D eigenvalue weighted by molar-refractivity contribution is 5.99. The fraction of sp³-hybridized carbons (Fsp3) is 0.867. The zero-order valence-electron chi connectivity index (χ0n) is 12.1. The lowest BCUT2D eigenvalue weighted by molar-refractivity contribution is -0.161. The lowest BCUT2D eigenvalue weighted by Gasteiger charge is -2.47. The zero-order valence-corrected chi connectivity index (χ0v) is 12.1. The van der Waals surface area contributed by atoms with Crippen molar-refractivity contribution in [1.29, 1.82) is 0 Å². The van der Waals surface area contributed by atoms with E-state index in [1.165, 1.54) is 11.3 Å². The third-order valence-corrected chi connectivity index (χ3v) is 4.79. The Labute approximate surface area is 115 Å². The third-order valence-electron chi connectivity index (χ3n) is 4.79. The van der Waals surface area contributed by atoms with E-state index in [-0.39, 0.29) is 23.8 Å². The molecule has 0 unspecified atom stereocenters.